The Bertz CT molecular complexity index is 824. The van der Waals surface area contributed by atoms with Crippen LogP contribution in [0, 0.1) is 5.82 Å². The molecule has 2 aromatic rings. The Labute approximate surface area is 139 Å². The largest absolute Gasteiger partial charge is 0.494 e. The summed E-state index contributed by atoms with van der Waals surface area (Å²) < 4.78 is 18.8. The highest BCUT2D eigenvalue weighted by molar-refractivity contribution is 6.03. The molecule has 0 bridgehead atoms. The van der Waals surface area contributed by atoms with E-state index in [1.165, 1.54) is 13.2 Å². The van der Waals surface area contributed by atoms with Gasteiger partial charge in [0, 0.05) is 12.6 Å². The third kappa shape index (κ3) is 2.14. The predicted octanol–water partition coefficient (Wildman–Crippen LogP) is 2.49. The first kappa shape index (κ1) is 15.0. The summed E-state index contributed by atoms with van der Waals surface area (Å²) >= 11 is 0. The molecular formula is C18H18FN3O2. The Morgan fingerprint density at radius 2 is 2.17 bits per heavy atom. The molecule has 2 aliphatic rings. The van der Waals surface area contributed by atoms with E-state index in [0.29, 0.717) is 5.56 Å². The smallest absolute Gasteiger partial charge is 0.255 e. The van der Waals surface area contributed by atoms with Crippen LogP contribution in [0.4, 0.5) is 10.1 Å². The van der Waals surface area contributed by atoms with E-state index in [-0.39, 0.29) is 23.9 Å². The SMILES string of the molecule is COc1cc([C@@H]2NC(=O)c3cccc4c3N2CC[C@H]4N)ccc1F. The van der Waals surface area contributed by atoms with Gasteiger partial charge in [0.2, 0.25) is 0 Å². The summed E-state index contributed by atoms with van der Waals surface area (Å²) in [6, 6.07) is 10.2. The Hall–Kier alpha value is -2.60. The number of rotatable bonds is 2. The molecule has 2 aliphatic heterocycles. The summed E-state index contributed by atoms with van der Waals surface area (Å²) in [6.45, 7) is 0.718. The second kappa shape index (κ2) is 5.49. The summed E-state index contributed by atoms with van der Waals surface area (Å²) in [5, 5.41) is 3.00. The first-order valence-corrected chi connectivity index (χ1v) is 7.89. The number of hydrogen-bond donors (Lipinski definition) is 2. The van der Waals surface area contributed by atoms with Gasteiger partial charge in [0.25, 0.3) is 5.91 Å². The van der Waals surface area contributed by atoms with E-state index in [9.17, 15) is 9.18 Å². The molecule has 4 rings (SSSR count). The average molecular weight is 327 g/mol. The molecule has 0 aromatic heterocycles. The molecule has 5 nitrogen and oxygen atoms in total. The van der Waals surface area contributed by atoms with Crippen molar-refractivity contribution in [1.82, 2.24) is 5.32 Å². The molecule has 2 atom stereocenters. The Kier molecular flexibility index (Phi) is 3.42. The van der Waals surface area contributed by atoms with E-state index in [1.807, 2.05) is 12.1 Å². The second-order valence-corrected chi connectivity index (χ2v) is 6.10. The molecule has 2 aromatic carbocycles. The maximum atomic E-state index is 13.7. The van der Waals surface area contributed by atoms with Crippen molar-refractivity contribution in [2.75, 3.05) is 18.6 Å². The van der Waals surface area contributed by atoms with Gasteiger partial charge in [0.1, 0.15) is 6.17 Å². The van der Waals surface area contributed by atoms with Crippen LogP contribution in [0.5, 0.6) is 5.75 Å². The van der Waals surface area contributed by atoms with Crippen molar-refractivity contribution in [3.8, 4) is 5.75 Å². The quantitative estimate of drug-likeness (QED) is 0.889. The number of nitrogens with zero attached hydrogens (tertiary/aromatic N) is 1. The minimum absolute atomic E-state index is 0.0782. The van der Waals surface area contributed by atoms with Crippen LogP contribution >= 0.6 is 0 Å². The number of benzene rings is 2. The number of ether oxygens (including phenoxy) is 1. The lowest BCUT2D eigenvalue weighted by Gasteiger charge is -2.44. The maximum Gasteiger partial charge on any atom is 0.255 e. The standard InChI is InChI=1S/C18H18FN3O2/c1-24-15-9-10(5-6-13(15)19)17-21-18(23)12-4-2-3-11-14(20)7-8-22(17)16(11)12/h2-6,9,14,17H,7-8,20H2,1H3,(H,21,23)/t14-,17-/m1/s1. The molecule has 0 saturated carbocycles. The number of hydrogen-bond acceptors (Lipinski definition) is 4. The van der Waals surface area contributed by atoms with Gasteiger partial charge in [0.05, 0.1) is 18.4 Å². The summed E-state index contributed by atoms with van der Waals surface area (Å²) in [5.41, 5.74) is 9.49. The Morgan fingerprint density at radius 1 is 1.33 bits per heavy atom. The van der Waals surface area contributed by atoms with Gasteiger partial charge in [0.15, 0.2) is 11.6 Å². The van der Waals surface area contributed by atoms with E-state index in [1.54, 1.807) is 18.2 Å². The van der Waals surface area contributed by atoms with Gasteiger partial charge in [-0.2, -0.15) is 0 Å². The van der Waals surface area contributed by atoms with Gasteiger partial charge in [-0.3, -0.25) is 4.79 Å². The van der Waals surface area contributed by atoms with Gasteiger partial charge in [-0.1, -0.05) is 18.2 Å². The monoisotopic (exact) mass is 327 g/mol. The third-order valence-electron chi connectivity index (χ3n) is 4.75. The first-order valence-electron chi connectivity index (χ1n) is 7.89. The van der Waals surface area contributed by atoms with Crippen LogP contribution in [0.15, 0.2) is 36.4 Å². The Morgan fingerprint density at radius 3 is 2.96 bits per heavy atom. The molecule has 0 radical (unpaired) electrons. The van der Waals surface area contributed by atoms with Crippen molar-refractivity contribution < 1.29 is 13.9 Å². The molecular weight excluding hydrogens is 309 g/mol. The topological polar surface area (TPSA) is 67.6 Å². The van der Waals surface area contributed by atoms with Crippen molar-refractivity contribution in [3.05, 3.63) is 58.9 Å². The average Bonchev–Trinajstić information content (AvgIpc) is 2.60. The highest BCUT2D eigenvalue weighted by Crippen LogP contribution is 2.42. The van der Waals surface area contributed by atoms with Crippen LogP contribution in [-0.4, -0.2) is 19.6 Å². The van der Waals surface area contributed by atoms with Gasteiger partial charge in [-0.15, -0.1) is 0 Å². The van der Waals surface area contributed by atoms with Crippen molar-refractivity contribution in [2.45, 2.75) is 18.6 Å². The lowest BCUT2D eigenvalue weighted by Crippen LogP contribution is -2.49. The first-order chi connectivity index (χ1) is 11.6. The number of anilines is 1. The zero-order valence-corrected chi connectivity index (χ0v) is 13.3. The number of methoxy groups -OCH3 is 1. The number of para-hydroxylation sites is 1. The van der Waals surface area contributed by atoms with Crippen molar-refractivity contribution >= 4 is 11.6 Å². The second-order valence-electron chi connectivity index (χ2n) is 6.10. The number of carbonyl (C=O) groups is 1. The minimum Gasteiger partial charge on any atom is -0.494 e. The fourth-order valence-corrected chi connectivity index (χ4v) is 3.56. The number of amides is 1. The molecule has 2 heterocycles. The van der Waals surface area contributed by atoms with E-state index >= 15 is 0 Å². The number of nitrogens with one attached hydrogen (secondary N) is 1. The molecule has 124 valence electrons. The molecule has 0 spiro atoms. The van der Waals surface area contributed by atoms with E-state index in [0.717, 1.165) is 29.8 Å². The lowest BCUT2D eigenvalue weighted by molar-refractivity contribution is 0.0925. The predicted molar refractivity (Wildman–Crippen MR) is 88.5 cm³/mol. The highest BCUT2D eigenvalue weighted by Gasteiger charge is 2.37. The van der Waals surface area contributed by atoms with Gasteiger partial charge in [-0.25, -0.2) is 4.39 Å². The zero-order valence-electron chi connectivity index (χ0n) is 13.3. The molecule has 6 heteroatoms. The third-order valence-corrected chi connectivity index (χ3v) is 4.75. The molecule has 0 aliphatic carbocycles. The lowest BCUT2D eigenvalue weighted by atomic mass is 9.90. The molecule has 3 N–H and O–H groups in total. The number of nitrogens with two attached hydrogens (primary N) is 1. The van der Waals surface area contributed by atoms with E-state index in [4.69, 9.17) is 10.5 Å². The fraction of sp³-hybridized carbons (Fsp3) is 0.278. The van der Waals surface area contributed by atoms with E-state index in [2.05, 4.69) is 10.2 Å². The summed E-state index contributed by atoms with van der Waals surface area (Å²) in [4.78, 5) is 14.7. The molecule has 0 fully saturated rings. The summed E-state index contributed by atoms with van der Waals surface area (Å²) in [5.74, 6) is -0.412. The number of carbonyl (C=O) groups excluding carboxylic acids is 1. The Balaban J connectivity index is 1.84. The van der Waals surface area contributed by atoms with Gasteiger partial charge < -0.3 is 20.7 Å². The number of halogens is 1. The van der Waals surface area contributed by atoms with Gasteiger partial charge >= 0.3 is 0 Å². The molecule has 0 unspecified atom stereocenters. The van der Waals surface area contributed by atoms with Crippen molar-refractivity contribution in [1.29, 1.82) is 0 Å². The summed E-state index contributed by atoms with van der Waals surface area (Å²) in [6.07, 6.45) is 0.425. The highest BCUT2D eigenvalue weighted by atomic mass is 19.1. The van der Waals surface area contributed by atoms with Crippen LogP contribution in [0.1, 0.15) is 40.1 Å². The normalized spacial score (nSPS) is 22.0. The van der Waals surface area contributed by atoms with Crippen molar-refractivity contribution in [3.63, 3.8) is 0 Å². The minimum atomic E-state index is -0.426. The van der Waals surface area contributed by atoms with Crippen LogP contribution in [-0.2, 0) is 0 Å². The summed E-state index contributed by atoms with van der Waals surface area (Å²) in [7, 11) is 1.43. The fourth-order valence-electron chi connectivity index (χ4n) is 3.56. The molecule has 0 saturated heterocycles. The van der Waals surface area contributed by atoms with Crippen LogP contribution in [0.3, 0.4) is 0 Å². The van der Waals surface area contributed by atoms with Crippen LogP contribution < -0.4 is 20.7 Å². The van der Waals surface area contributed by atoms with Crippen LogP contribution in [0.2, 0.25) is 0 Å². The maximum absolute atomic E-state index is 13.7. The van der Waals surface area contributed by atoms with E-state index < -0.39 is 5.82 Å². The van der Waals surface area contributed by atoms with Gasteiger partial charge in [-0.05, 0) is 35.7 Å². The molecule has 24 heavy (non-hydrogen) atoms. The zero-order chi connectivity index (χ0) is 16.8. The van der Waals surface area contributed by atoms with Crippen molar-refractivity contribution in [2.24, 2.45) is 5.73 Å². The van der Waals surface area contributed by atoms with Crippen LogP contribution in [0.25, 0.3) is 0 Å². The molecule has 1 amide bonds.